The second-order valence-corrected chi connectivity index (χ2v) is 15.0. The molecule has 24 heteroatoms. The Morgan fingerprint density at radius 1 is 0.800 bits per heavy atom. The number of nitrogens with zero attached hydrogens (tertiary/aromatic N) is 1. The highest BCUT2D eigenvalue weighted by Crippen LogP contribution is 2.99. The van der Waals surface area contributed by atoms with Crippen LogP contribution >= 0.6 is 23.5 Å². The molecule has 12 fully saturated rings. The molecule has 0 saturated carbocycles. The van der Waals surface area contributed by atoms with Crippen molar-refractivity contribution in [1.82, 2.24) is 15.5 Å². The summed E-state index contributed by atoms with van der Waals surface area (Å²) < 4.78 is 99.3. The molecule has 4 unspecified atom stereocenters. The van der Waals surface area contributed by atoms with Crippen LogP contribution in [-0.2, 0) is 63.9 Å². The minimum Gasteiger partial charge on any atom is -0.387 e. The van der Waals surface area contributed by atoms with Gasteiger partial charge in [0.05, 0.1) is 6.04 Å². The van der Waals surface area contributed by atoms with Gasteiger partial charge in [-0.25, -0.2) is 59.7 Å². The molecule has 8 bridgehead atoms. The summed E-state index contributed by atoms with van der Waals surface area (Å²) in [6.45, 7) is 1.06. The Labute approximate surface area is 220 Å². The molecule has 6 N–H and O–H groups in total. The number of aliphatic hydroxyl groups is 4. The maximum absolute atomic E-state index is 13.3. The average molecular weight is 633 g/mol. The van der Waals surface area contributed by atoms with Crippen LogP contribution in [-0.4, -0.2) is 111 Å². The minimum atomic E-state index is -4.71. The quantitative estimate of drug-likeness (QED) is 0.168. The van der Waals surface area contributed by atoms with Gasteiger partial charge < -0.3 is 35.4 Å². The van der Waals surface area contributed by atoms with Crippen LogP contribution in [0.2, 0.25) is 0 Å². The Morgan fingerprint density at radius 3 is 2.05 bits per heavy atom. The average Bonchev–Trinajstić information content (AvgIpc) is 3.44. The van der Waals surface area contributed by atoms with Crippen molar-refractivity contribution in [3.63, 3.8) is 0 Å². The molecule has 220 valence electrons. The van der Waals surface area contributed by atoms with Crippen LogP contribution in [0, 0.1) is 0 Å². The van der Waals surface area contributed by atoms with Crippen molar-refractivity contribution < 1.29 is 84.3 Å². The van der Waals surface area contributed by atoms with Gasteiger partial charge in [-0.15, -0.1) is 0 Å². The molecule has 0 aliphatic carbocycles. The van der Waals surface area contributed by atoms with Crippen LogP contribution in [0.3, 0.4) is 0 Å². The van der Waals surface area contributed by atoms with E-state index in [0.717, 1.165) is 0 Å². The van der Waals surface area contributed by atoms with E-state index in [1.165, 1.54) is 11.1 Å². The summed E-state index contributed by atoms with van der Waals surface area (Å²) in [5.74, 6) is -13.4. The molecule has 0 aromatic rings. The third kappa shape index (κ3) is 2.30. The topological polar surface area (TPSA) is 261 Å². The summed E-state index contributed by atoms with van der Waals surface area (Å²) in [6.07, 6.45) is -8.56. The molecule has 0 aromatic heterocycles. The van der Waals surface area contributed by atoms with E-state index >= 15 is 0 Å². The Morgan fingerprint density at radius 2 is 1.40 bits per heavy atom. The Hall–Kier alpha value is -0.450. The van der Waals surface area contributed by atoms with Crippen LogP contribution in [0.15, 0.2) is 11.8 Å². The summed E-state index contributed by atoms with van der Waals surface area (Å²) in [4.78, 5) is 1.48. The zero-order valence-corrected chi connectivity index (χ0v) is 22.0. The fourth-order valence-electron chi connectivity index (χ4n) is 6.71. The van der Waals surface area contributed by atoms with E-state index in [4.69, 9.17) is 50.2 Å². The van der Waals surface area contributed by atoms with Crippen LogP contribution < -0.4 is 10.6 Å². The molecule has 0 amide bonds. The molecule has 40 heavy (non-hydrogen) atoms. The Kier molecular flexibility index (Phi) is 4.13. The van der Waals surface area contributed by atoms with Gasteiger partial charge in [-0.2, -0.15) is 0 Å². The Bertz CT molecular complexity index is 1440. The summed E-state index contributed by atoms with van der Waals surface area (Å²) in [5.41, 5.74) is -0.00613. The molecule has 13 heterocycles. The van der Waals surface area contributed by atoms with Gasteiger partial charge in [-0.3, -0.25) is 4.74 Å². The second-order valence-electron chi connectivity index (χ2n) is 10.6. The predicted molar refractivity (Wildman–Crippen MR) is 110 cm³/mol. The lowest BCUT2D eigenvalue weighted by atomic mass is 9.86. The largest absolute Gasteiger partial charge is 0.485 e. The molecule has 8 atom stereocenters. The van der Waals surface area contributed by atoms with Crippen LogP contribution in [0.5, 0.6) is 0 Å². The molecule has 21 nitrogen and oxygen atoms in total. The minimum absolute atomic E-state index is 0.00613. The van der Waals surface area contributed by atoms with Crippen molar-refractivity contribution in [1.29, 1.82) is 0 Å². The van der Waals surface area contributed by atoms with Gasteiger partial charge in [0.15, 0.2) is 6.35 Å². The van der Waals surface area contributed by atoms with Crippen molar-refractivity contribution in [2.75, 3.05) is 13.1 Å². The van der Waals surface area contributed by atoms with Crippen molar-refractivity contribution in [3.8, 4) is 0 Å². The number of phosphoric ester groups is 3. The van der Waals surface area contributed by atoms with Crippen molar-refractivity contribution >= 4 is 23.5 Å². The van der Waals surface area contributed by atoms with E-state index in [9.17, 15) is 34.1 Å². The van der Waals surface area contributed by atoms with Gasteiger partial charge in [-0.1, -0.05) is 0 Å². The fraction of sp³-hybridized carbons (Fsp3) is 0.875. The summed E-state index contributed by atoms with van der Waals surface area (Å²) in [5, 5.41) is 48.9. The van der Waals surface area contributed by atoms with Crippen molar-refractivity contribution in [3.05, 3.63) is 11.8 Å². The number of hydrogen-bond acceptors (Lipinski definition) is 21. The zero-order chi connectivity index (χ0) is 27.5. The van der Waals surface area contributed by atoms with Gasteiger partial charge in [0.1, 0.15) is 30.6 Å². The maximum Gasteiger partial charge on any atom is 0.485 e. The first-order chi connectivity index (χ1) is 18.8. The van der Waals surface area contributed by atoms with Gasteiger partial charge >= 0.3 is 46.8 Å². The van der Waals surface area contributed by atoms with Crippen molar-refractivity contribution in [2.45, 2.75) is 72.2 Å². The number of rotatable bonds is 3. The normalized spacial score (nSPS) is 67.6. The van der Waals surface area contributed by atoms with E-state index in [-0.39, 0.29) is 11.6 Å². The maximum atomic E-state index is 13.3. The first-order valence-electron chi connectivity index (χ1n) is 12.0. The molecule has 12 saturated heterocycles. The van der Waals surface area contributed by atoms with Crippen LogP contribution in [0.1, 0.15) is 0 Å². The zero-order valence-electron chi connectivity index (χ0n) is 19.3. The highest BCUT2D eigenvalue weighted by molar-refractivity contribution is 7.52. The predicted octanol–water partition coefficient (Wildman–Crippen LogP) is -3.14. The number of phosphoric acid groups is 3. The second kappa shape index (κ2) is 6.63. The van der Waals surface area contributed by atoms with Crippen molar-refractivity contribution in [2.24, 2.45) is 0 Å². The van der Waals surface area contributed by atoms with Gasteiger partial charge in [0.25, 0.3) is 5.79 Å². The van der Waals surface area contributed by atoms with Gasteiger partial charge in [0.2, 0.25) is 0 Å². The first kappa shape index (κ1) is 24.9. The lowest BCUT2D eigenvalue weighted by Crippen LogP contribution is -2.80. The molecule has 13 aliphatic rings. The highest BCUT2D eigenvalue weighted by atomic mass is 31.2. The standard InChI is InChI=1S/C16H18N3O18P3/c20-6-7(21)9(27-8(6)5-3-19(4-1-17-2-4)11(23)18-10(5)22)12-13-14(32-39(25,31-13)33-14)15-16(28-13,36-38(24,29-12)30-12)37-40(26,34-15)35-15/h3-4,6-11,17-18,20-23H,1-2H2/t6-,7+,8+,9-,10?,11?,12?,13?,14?,15?,16?,38?,39?,40?/m1/s1. The number of aliphatic hydroxyl groups excluding tert-OH is 4. The molecule has 0 aromatic carbocycles. The van der Waals surface area contributed by atoms with Gasteiger partial charge in [0, 0.05) is 24.9 Å². The van der Waals surface area contributed by atoms with Gasteiger partial charge in [-0.05, 0) is 0 Å². The Balaban J connectivity index is 1.08. The molecular weight excluding hydrogens is 615 g/mol. The smallest absolute Gasteiger partial charge is 0.387 e. The van der Waals surface area contributed by atoms with E-state index < -0.39 is 89.6 Å². The molecule has 13 aliphatic heterocycles. The number of ether oxygens (including phenoxy) is 2. The van der Waals surface area contributed by atoms with Crippen LogP contribution in [0.25, 0.3) is 0 Å². The third-order valence-corrected chi connectivity index (χ3v) is 12.8. The summed E-state index contributed by atoms with van der Waals surface area (Å²) in [7, 11) is -13.5. The SMILES string of the molecule is O=P12OC34OC5(OP6(=O)OC5(O6)C35OP(=O)(O4)O5)C([C@@H]3O[C@@H](C4=CN(C5CNC5)C(O)NC4O)[C@H](O)[C@@H]3O)(O1)O2. The van der Waals surface area contributed by atoms with E-state index in [1.807, 2.05) is 0 Å². The third-order valence-electron chi connectivity index (χ3n) is 8.52. The van der Waals surface area contributed by atoms with E-state index in [2.05, 4.69) is 10.6 Å². The first-order valence-corrected chi connectivity index (χ1v) is 16.4. The monoisotopic (exact) mass is 633 g/mol. The molecule has 13 rings (SSSR count). The highest BCUT2D eigenvalue weighted by Gasteiger charge is 3.14. The summed E-state index contributed by atoms with van der Waals surface area (Å²) >= 11 is 0. The van der Waals surface area contributed by atoms with E-state index in [1.54, 1.807) is 0 Å². The fourth-order valence-corrected chi connectivity index (χ4v) is 11.9. The lowest BCUT2D eigenvalue weighted by molar-refractivity contribution is -0.445. The summed E-state index contributed by atoms with van der Waals surface area (Å²) in [6, 6.07) is -0.157. The number of nitrogens with one attached hydrogen (secondary N) is 2. The molecule has 0 radical (unpaired) electrons. The molecule has 4 spiro atoms. The van der Waals surface area contributed by atoms with E-state index in [0.29, 0.717) is 13.1 Å². The number of hydrogen-bond donors (Lipinski definition) is 6. The van der Waals surface area contributed by atoms with Crippen LogP contribution in [0.4, 0.5) is 0 Å². The molecular formula is C16H18N3O18P3. The lowest BCUT2D eigenvalue weighted by Gasteiger charge is -2.56.